The maximum absolute atomic E-state index is 11.4. The van der Waals surface area contributed by atoms with Crippen LogP contribution in [-0.4, -0.2) is 43.0 Å². The lowest BCUT2D eigenvalue weighted by atomic mass is 10.2. The van der Waals surface area contributed by atoms with E-state index in [2.05, 4.69) is 5.32 Å². The summed E-state index contributed by atoms with van der Waals surface area (Å²) in [5, 5.41) is 13.7. The van der Waals surface area contributed by atoms with E-state index in [-0.39, 0.29) is 11.7 Å². The molecule has 0 radical (unpaired) electrons. The molecule has 1 aliphatic rings. The second-order valence-corrected chi connectivity index (χ2v) is 6.54. The van der Waals surface area contributed by atoms with Gasteiger partial charge >= 0.3 is 0 Å². The van der Waals surface area contributed by atoms with Gasteiger partial charge in [-0.25, -0.2) is 12.7 Å². The first-order chi connectivity index (χ1) is 8.86. The monoisotopic (exact) mass is 285 g/mol. The maximum Gasteiger partial charge on any atom is 0.269 e. The summed E-state index contributed by atoms with van der Waals surface area (Å²) in [6.45, 7) is 0.930. The molecule has 0 amide bonds. The number of non-ortho nitro benzene ring substituents is 1. The number of hydrogen-bond donors (Lipinski definition) is 1. The van der Waals surface area contributed by atoms with Gasteiger partial charge in [0.25, 0.3) is 5.69 Å². The molecule has 1 unspecified atom stereocenters. The van der Waals surface area contributed by atoms with E-state index in [1.54, 1.807) is 12.1 Å². The highest BCUT2D eigenvalue weighted by Crippen LogP contribution is 2.20. The number of nitro groups is 1. The normalized spacial score (nSPS) is 20.4. The first-order valence-electron chi connectivity index (χ1n) is 5.82. The zero-order valence-corrected chi connectivity index (χ0v) is 11.3. The van der Waals surface area contributed by atoms with Crippen LogP contribution in [-0.2, 0) is 10.0 Å². The summed E-state index contributed by atoms with van der Waals surface area (Å²) in [4.78, 5) is 10.1. The summed E-state index contributed by atoms with van der Waals surface area (Å²) in [7, 11) is -3.14. The van der Waals surface area contributed by atoms with Crippen molar-refractivity contribution in [1.29, 1.82) is 0 Å². The van der Waals surface area contributed by atoms with Crippen molar-refractivity contribution < 1.29 is 13.3 Å². The van der Waals surface area contributed by atoms with Gasteiger partial charge in [-0.3, -0.25) is 10.1 Å². The molecule has 1 aliphatic heterocycles. The van der Waals surface area contributed by atoms with Crippen LogP contribution in [0.4, 0.5) is 11.4 Å². The van der Waals surface area contributed by atoms with Gasteiger partial charge in [0.05, 0.1) is 11.2 Å². The van der Waals surface area contributed by atoms with Crippen molar-refractivity contribution in [2.24, 2.45) is 0 Å². The third kappa shape index (κ3) is 3.42. The van der Waals surface area contributed by atoms with Crippen molar-refractivity contribution in [1.82, 2.24) is 4.31 Å². The molecule has 0 aromatic heterocycles. The molecule has 0 spiro atoms. The summed E-state index contributed by atoms with van der Waals surface area (Å²) in [6, 6.07) is 6.14. The second kappa shape index (κ2) is 5.14. The van der Waals surface area contributed by atoms with E-state index in [0.29, 0.717) is 13.1 Å². The zero-order valence-electron chi connectivity index (χ0n) is 10.4. The Hall–Kier alpha value is -1.67. The first kappa shape index (κ1) is 13.8. The van der Waals surface area contributed by atoms with Crippen LogP contribution in [0.1, 0.15) is 6.42 Å². The van der Waals surface area contributed by atoms with Gasteiger partial charge in [0.1, 0.15) is 0 Å². The van der Waals surface area contributed by atoms with Gasteiger partial charge in [0.2, 0.25) is 10.0 Å². The molecule has 1 atom stereocenters. The number of anilines is 1. The number of benzene rings is 1. The highest BCUT2D eigenvalue weighted by atomic mass is 32.2. The summed E-state index contributed by atoms with van der Waals surface area (Å²) in [5.74, 6) is 0. The molecule has 8 heteroatoms. The number of rotatable bonds is 4. The van der Waals surface area contributed by atoms with Gasteiger partial charge < -0.3 is 5.32 Å². The van der Waals surface area contributed by atoms with Crippen molar-refractivity contribution >= 4 is 21.4 Å². The lowest BCUT2D eigenvalue weighted by Gasteiger charge is -2.15. The van der Waals surface area contributed by atoms with E-state index in [1.807, 2.05) is 0 Å². The Balaban J connectivity index is 1.98. The Bertz CT molecular complexity index is 570. The molecule has 7 nitrogen and oxygen atoms in total. The average Bonchev–Trinajstić information content (AvgIpc) is 2.78. The molecule has 0 bridgehead atoms. The van der Waals surface area contributed by atoms with Crippen molar-refractivity contribution in [2.75, 3.05) is 24.7 Å². The molecule has 1 aromatic rings. The highest BCUT2D eigenvalue weighted by Gasteiger charge is 2.28. The summed E-state index contributed by atoms with van der Waals surface area (Å²) in [5.41, 5.74) is 0.792. The van der Waals surface area contributed by atoms with Crippen LogP contribution in [0.5, 0.6) is 0 Å². The van der Waals surface area contributed by atoms with Crippen LogP contribution in [0.2, 0.25) is 0 Å². The van der Waals surface area contributed by atoms with Crippen molar-refractivity contribution in [2.45, 2.75) is 12.5 Å². The van der Waals surface area contributed by atoms with Crippen molar-refractivity contribution in [3.8, 4) is 0 Å². The Morgan fingerprint density at radius 2 is 2.00 bits per heavy atom. The fourth-order valence-corrected chi connectivity index (χ4v) is 2.95. The van der Waals surface area contributed by atoms with Crippen LogP contribution in [0.25, 0.3) is 0 Å². The third-order valence-electron chi connectivity index (χ3n) is 3.07. The summed E-state index contributed by atoms with van der Waals surface area (Å²) >= 11 is 0. The summed E-state index contributed by atoms with van der Waals surface area (Å²) < 4.78 is 24.2. The van der Waals surface area contributed by atoms with Crippen LogP contribution >= 0.6 is 0 Å². The number of nitrogens with zero attached hydrogens (tertiary/aromatic N) is 2. The van der Waals surface area contributed by atoms with E-state index in [9.17, 15) is 18.5 Å². The lowest BCUT2D eigenvalue weighted by Crippen LogP contribution is -2.30. The quantitative estimate of drug-likeness (QED) is 0.659. The smallest absolute Gasteiger partial charge is 0.269 e. The van der Waals surface area contributed by atoms with Gasteiger partial charge in [-0.2, -0.15) is 0 Å². The van der Waals surface area contributed by atoms with Crippen LogP contribution in [0, 0.1) is 10.1 Å². The van der Waals surface area contributed by atoms with E-state index in [0.717, 1.165) is 12.1 Å². The molecule has 1 aromatic carbocycles. The molecule has 0 aliphatic carbocycles. The molecule has 2 rings (SSSR count). The predicted molar refractivity (Wildman–Crippen MR) is 71.5 cm³/mol. The fraction of sp³-hybridized carbons (Fsp3) is 0.455. The van der Waals surface area contributed by atoms with E-state index < -0.39 is 14.9 Å². The second-order valence-electron chi connectivity index (χ2n) is 4.55. The average molecular weight is 285 g/mol. The largest absolute Gasteiger partial charge is 0.381 e. The Labute approximate surface area is 111 Å². The molecular formula is C11H15N3O4S. The standard InChI is InChI=1S/C11H15N3O4S/c1-19(17,18)13-7-6-10(8-13)12-9-2-4-11(5-3-9)14(15)16/h2-5,10,12H,6-8H2,1H3. The lowest BCUT2D eigenvalue weighted by molar-refractivity contribution is -0.384. The number of hydrogen-bond acceptors (Lipinski definition) is 5. The van der Waals surface area contributed by atoms with Gasteiger partial charge in [-0.15, -0.1) is 0 Å². The third-order valence-corrected chi connectivity index (χ3v) is 4.34. The minimum Gasteiger partial charge on any atom is -0.381 e. The maximum atomic E-state index is 11.4. The fourth-order valence-electron chi connectivity index (χ4n) is 2.06. The molecular weight excluding hydrogens is 270 g/mol. The topological polar surface area (TPSA) is 92.6 Å². The molecule has 19 heavy (non-hydrogen) atoms. The van der Waals surface area contributed by atoms with Gasteiger partial charge in [0, 0.05) is 37.0 Å². The molecule has 1 saturated heterocycles. The van der Waals surface area contributed by atoms with E-state index in [1.165, 1.54) is 22.7 Å². The molecule has 0 saturated carbocycles. The number of nitrogens with one attached hydrogen (secondary N) is 1. The van der Waals surface area contributed by atoms with Gasteiger partial charge in [-0.1, -0.05) is 0 Å². The predicted octanol–water partition coefficient (Wildman–Crippen LogP) is 1.04. The summed E-state index contributed by atoms with van der Waals surface area (Å²) in [6.07, 6.45) is 1.92. The van der Waals surface area contributed by atoms with Crippen LogP contribution in [0.3, 0.4) is 0 Å². The number of sulfonamides is 1. The van der Waals surface area contributed by atoms with Crippen molar-refractivity contribution in [3.05, 3.63) is 34.4 Å². The Morgan fingerprint density at radius 3 is 2.47 bits per heavy atom. The minimum atomic E-state index is -3.14. The van der Waals surface area contributed by atoms with E-state index >= 15 is 0 Å². The highest BCUT2D eigenvalue weighted by molar-refractivity contribution is 7.88. The molecule has 1 heterocycles. The Morgan fingerprint density at radius 1 is 1.37 bits per heavy atom. The molecule has 1 N–H and O–H groups in total. The van der Waals surface area contributed by atoms with Crippen LogP contribution in [0.15, 0.2) is 24.3 Å². The van der Waals surface area contributed by atoms with Crippen molar-refractivity contribution in [3.63, 3.8) is 0 Å². The van der Waals surface area contributed by atoms with E-state index in [4.69, 9.17) is 0 Å². The molecule has 104 valence electrons. The number of nitro benzene ring substituents is 1. The van der Waals surface area contributed by atoms with Gasteiger partial charge in [0.15, 0.2) is 0 Å². The zero-order chi connectivity index (χ0) is 14.0. The Kier molecular flexibility index (Phi) is 3.72. The molecule has 1 fully saturated rings. The minimum absolute atomic E-state index is 0.0368. The van der Waals surface area contributed by atoms with Crippen LogP contribution < -0.4 is 5.32 Å². The van der Waals surface area contributed by atoms with Gasteiger partial charge in [-0.05, 0) is 18.6 Å². The first-order valence-corrected chi connectivity index (χ1v) is 7.67. The SMILES string of the molecule is CS(=O)(=O)N1CCC(Nc2ccc([N+](=O)[O-])cc2)C1.